The Balaban J connectivity index is 2.28. The SMILES string of the molecule is CC(C)C(=O)[C@@H]1CCCN(c2ccc(Br)cc2F)C1=O. The molecule has 0 bridgehead atoms. The first-order chi connectivity index (χ1) is 9.41. The largest absolute Gasteiger partial charge is 0.309 e. The monoisotopic (exact) mass is 341 g/mol. The highest BCUT2D eigenvalue weighted by atomic mass is 79.9. The van der Waals surface area contributed by atoms with Gasteiger partial charge in [0.05, 0.1) is 11.6 Å². The van der Waals surface area contributed by atoms with Crippen LogP contribution in [-0.4, -0.2) is 18.2 Å². The van der Waals surface area contributed by atoms with Crippen LogP contribution in [0.25, 0.3) is 0 Å². The second-order valence-corrected chi connectivity index (χ2v) is 6.25. The third-order valence-corrected chi connectivity index (χ3v) is 4.04. The van der Waals surface area contributed by atoms with E-state index in [9.17, 15) is 14.0 Å². The molecule has 1 atom stereocenters. The summed E-state index contributed by atoms with van der Waals surface area (Å²) in [6.07, 6.45) is 1.27. The number of nitrogens with zero attached hydrogens (tertiary/aromatic N) is 1. The highest BCUT2D eigenvalue weighted by Crippen LogP contribution is 2.29. The number of piperidine rings is 1. The van der Waals surface area contributed by atoms with Crippen LogP contribution in [0.1, 0.15) is 26.7 Å². The quantitative estimate of drug-likeness (QED) is 0.788. The minimum absolute atomic E-state index is 0.0581. The van der Waals surface area contributed by atoms with E-state index >= 15 is 0 Å². The van der Waals surface area contributed by atoms with E-state index in [-0.39, 0.29) is 23.3 Å². The third-order valence-electron chi connectivity index (χ3n) is 3.55. The van der Waals surface area contributed by atoms with Crippen molar-refractivity contribution in [2.45, 2.75) is 26.7 Å². The number of halogens is 2. The van der Waals surface area contributed by atoms with Gasteiger partial charge in [-0.2, -0.15) is 0 Å². The maximum absolute atomic E-state index is 14.0. The highest BCUT2D eigenvalue weighted by Gasteiger charge is 2.36. The van der Waals surface area contributed by atoms with E-state index in [1.54, 1.807) is 26.0 Å². The Morgan fingerprint density at radius 3 is 2.75 bits per heavy atom. The number of benzene rings is 1. The smallest absolute Gasteiger partial charge is 0.237 e. The Morgan fingerprint density at radius 1 is 1.45 bits per heavy atom. The zero-order chi connectivity index (χ0) is 14.9. The van der Waals surface area contributed by atoms with Crippen LogP contribution >= 0.6 is 15.9 Å². The average Bonchev–Trinajstić information content (AvgIpc) is 2.39. The molecule has 0 aromatic heterocycles. The molecule has 1 amide bonds. The minimum Gasteiger partial charge on any atom is -0.309 e. The van der Waals surface area contributed by atoms with Gasteiger partial charge in [0, 0.05) is 16.9 Å². The fourth-order valence-electron chi connectivity index (χ4n) is 2.48. The van der Waals surface area contributed by atoms with Crippen molar-refractivity contribution in [3.8, 4) is 0 Å². The van der Waals surface area contributed by atoms with Gasteiger partial charge in [0.2, 0.25) is 5.91 Å². The summed E-state index contributed by atoms with van der Waals surface area (Å²) in [5, 5.41) is 0. The van der Waals surface area contributed by atoms with Gasteiger partial charge in [-0.1, -0.05) is 29.8 Å². The first-order valence-corrected chi connectivity index (χ1v) is 7.51. The standard InChI is InChI=1S/C15H17BrFNO2/c1-9(2)14(19)11-4-3-7-18(15(11)20)13-6-5-10(16)8-12(13)17/h5-6,8-9,11H,3-4,7H2,1-2H3/t11-/m0/s1. The van der Waals surface area contributed by atoms with Crippen LogP contribution in [0.3, 0.4) is 0 Å². The summed E-state index contributed by atoms with van der Waals surface area (Å²) in [5.74, 6) is -1.61. The lowest BCUT2D eigenvalue weighted by atomic mass is 9.87. The zero-order valence-electron chi connectivity index (χ0n) is 11.5. The Morgan fingerprint density at radius 2 is 2.15 bits per heavy atom. The van der Waals surface area contributed by atoms with Gasteiger partial charge in [-0.15, -0.1) is 0 Å². The fraction of sp³-hybridized carbons (Fsp3) is 0.467. The van der Waals surface area contributed by atoms with Crippen molar-refractivity contribution in [1.82, 2.24) is 0 Å². The van der Waals surface area contributed by atoms with Gasteiger partial charge in [0.25, 0.3) is 0 Å². The minimum atomic E-state index is -0.633. The van der Waals surface area contributed by atoms with Crippen LogP contribution in [0.2, 0.25) is 0 Å². The Kier molecular flexibility index (Phi) is 4.58. The number of rotatable bonds is 3. The topological polar surface area (TPSA) is 37.4 Å². The second-order valence-electron chi connectivity index (χ2n) is 5.34. The van der Waals surface area contributed by atoms with Gasteiger partial charge in [-0.3, -0.25) is 9.59 Å². The van der Waals surface area contributed by atoms with Gasteiger partial charge < -0.3 is 4.90 Å². The highest BCUT2D eigenvalue weighted by molar-refractivity contribution is 9.10. The lowest BCUT2D eigenvalue weighted by Gasteiger charge is -2.32. The molecule has 1 heterocycles. The van der Waals surface area contributed by atoms with Crippen molar-refractivity contribution >= 4 is 33.3 Å². The second kappa shape index (κ2) is 6.04. The first kappa shape index (κ1) is 15.2. The molecule has 1 aromatic rings. The van der Waals surface area contributed by atoms with Gasteiger partial charge >= 0.3 is 0 Å². The maximum Gasteiger partial charge on any atom is 0.237 e. The van der Waals surface area contributed by atoms with E-state index in [1.165, 1.54) is 11.0 Å². The van der Waals surface area contributed by atoms with Crippen LogP contribution in [-0.2, 0) is 9.59 Å². The molecule has 2 rings (SSSR count). The van der Waals surface area contributed by atoms with Gasteiger partial charge in [0.1, 0.15) is 11.6 Å². The van der Waals surface area contributed by atoms with E-state index in [1.807, 2.05) is 0 Å². The maximum atomic E-state index is 14.0. The Labute approximate surface area is 126 Å². The lowest BCUT2D eigenvalue weighted by molar-refractivity contribution is -0.135. The molecule has 0 radical (unpaired) electrons. The molecular formula is C15H17BrFNO2. The summed E-state index contributed by atoms with van der Waals surface area (Å²) >= 11 is 3.19. The molecule has 3 nitrogen and oxygen atoms in total. The number of hydrogen-bond acceptors (Lipinski definition) is 2. The predicted molar refractivity (Wildman–Crippen MR) is 79.0 cm³/mol. The normalized spacial score (nSPS) is 19.6. The number of ketones is 1. The van der Waals surface area contributed by atoms with Gasteiger partial charge in [0.15, 0.2) is 0 Å². The molecule has 20 heavy (non-hydrogen) atoms. The summed E-state index contributed by atoms with van der Waals surface area (Å²) < 4.78 is 14.6. The zero-order valence-corrected chi connectivity index (χ0v) is 13.1. The fourth-order valence-corrected chi connectivity index (χ4v) is 2.81. The Bertz CT molecular complexity index is 545. The van der Waals surface area contributed by atoms with E-state index in [2.05, 4.69) is 15.9 Å². The molecular weight excluding hydrogens is 325 g/mol. The van der Waals surface area contributed by atoms with E-state index in [4.69, 9.17) is 0 Å². The van der Waals surface area contributed by atoms with Crippen molar-refractivity contribution in [3.63, 3.8) is 0 Å². The van der Waals surface area contributed by atoms with Crippen molar-refractivity contribution < 1.29 is 14.0 Å². The molecule has 108 valence electrons. The van der Waals surface area contributed by atoms with Gasteiger partial charge in [-0.05, 0) is 31.0 Å². The number of anilines is 1. The number of carbonyl (C=O) groups is 2. The van der Waals surface area contributed by atoms with Crippen LogP contribution in [0.5, 0.6) is 0 Å². The number of amides is 1. The molecule has 1 fully saturated rings. The summed E-state index contributed by atoms with van der Waals surface area (Å²) in [6.45, 7) is 4.03. The van der Waals surface area contributed by atoms with E-state index in [0.717, 1.165) is 0 Å². The number of Topliss-reactive ketones (excluding diaryl/α,β-unsaturated/α-hetero) is 1. The van der Waals surface area contributed by atoms with Crippen LogP contribution in [0, 0.1) is 17.7 Å². The van der Waals surface area contributed by atoms with Crippen molar-refractivity contribution in [2.75, 3.05) is 11.4 Å². The van der Waals surface area contributed by atoms with E-state index < -0.39 is 11.7 Å². The summed E-state index contributed by atoms with van der Waals surface area (Å²) in [5.41, 5.74) is 0.249. The average molecular weight is 342 g/mol. The third kappa shape index (κ3) is 2.92. The van der Waals surface area contributed by atoms with Crippen LogP contribution in [0.15, 0.2) is 22.7 Å². The van der Waals surface area contributed by atoms with Crippen molar-refractivity contribution in [3.05, 3.63) is 28.5 Å². The molecule has 0 saturated carbocycles. The van der Waals surface area contributed by atoms with Crippen LogP contribution < -0.4 is 4.90 Å². The molecule has 0 aliphatic carbocycles. The molecule has 1 aromatic carbocycles. The molecule has 0 spiro atoms. The summed E-state index contributed by atoms with van der Waals surface area (Å²) in [7, 11) is 0. The molecule has 1 saturated heterocycles. The summed E-state index contributed by atoms with van der Waals surface area (Å²) in [4.78, 5) is 25.9. The lowest BCUT2D eigenvalue weighted by Crippen LogP contribution is -2.45. The molecule has 1 aliphatic heterocycles. The molecule has 0 unspecified atom stereocenters. The number of carbonyl (C=O) groups excluding carboxylic acids is 2. The Hall–Kier alpha value is -1.23. The molecule has 0 N–H and O–H groups in total. The number of hydrogen-bond donors (Lipinski definition) is 0. The van der Waals surface area contributed by atoms with Gasteiger partial charge in [-0.25, -0.2) is 4.39 Å². The van der Waals surface area contributed by atoms with Crippen molar-refractivity contribution in [1.29, 1.82) is 0 Å². The van der Waals surface area contributed by atoms with Crippen LogP contribution in [0.4, 0.5) is 10.1 Å². The summed E-state index contributed by atoms with van der Waals surface area (Å²) in [6, 6.07) is 4.59. The molecule has 1 aliphatic rings. The molecule has 5 heteroatoms. The van der Waals surface area contributed by atoms with E-state index in [0.29, 0.717) is 23.9 Å². The van der Waals surface area contributed by atoms with Crippen molar-refractivity contribution in [2.24, 2.45) is 11.8 Å². The predicted octanol–water partition coefficient (Wildman–Crippen LogP) is 3.56. The first-order valence-electron chi connectivity index (χ1n) is 6.72.